The highest BCUT2D eigenvalue weighted by Crippen LogP contribution is 2.27. The third-order valence-corrected chi connectivity index (χ3v) is 5.29. The van der Waals surface area contributed by atoms with E-state index in [4.69, 9.17) is 0 Å². The number of hydrogen-bond acceptors (Lipinski definition) is 5. The second-order valence-electron chi connectivity index (χ2n) is 7.32. The number of carbonyl (C=O) groups is 1. The van der Waals surface area contributed by atoms with Gasteiger partial charge in [0, 0.05) is 44.6 Å². The first-order chi connectivity index (χ1) is 14.7. The Bertz CT molecular complexity index is 1060. The summed E-state index contributed by atoms with van der Waals surface area (Å²) in [4.78, 5) is 42.7. The van der Waals surface area contributed by atoms with Crippen LogP contribution >= 0.6 is 0 Å². The maximum atomic E-state index is 12.8. The molecular weight excluding hydrogens is 415 g/mol. The summed E-state index contributed by atoms with van der Waals surface area (Å²) in [5, 5.41) is 2.80. The number of carbonyl (C=O) groups excluding carboxylic acids is 1. The van der Waals surface area contributed by atoms with Crippen molar-refractivity contribution in [3.63, 3.8) is 0 Å². The molecule has 1 unspecified atom stereocenters. The summed E-state index contributed by atoms with van der Waals surface area (Å²) in [5.41, 5.74) is -1.39. The standard InChI is InChI=1S/C20H24F3N5O3/c1-3-26-12-15(18(30)28(4-2)19(26)31)27-9-5-6-14(11-27)25-17(29)13-7-8-16(24-10-13)20(21,22)23/h7-8,10,12,14H,3-6,9,11H2,1-2H3,(H,25,29). The van der Waals surface area contributed by atoms with Crippen LogP contribution in [0, 0.1) is 0 Å². The Morgan fingerprint density at radius 1 is 1.23 bits per heavy atom. The molecule has 0 radical (unpaired) electrons. The van der Waals surface area contributed by atoms with Crippen molar-refractivity contribution >= 4 is 11.6 Å². The van der Waals surface area contributed by atoms with Crippen molar-refractivity contribution in [3.8, 4) is 0 Å². The molecule has 1 atom stereocenters. The molecule has 168 valence electrons. The molecule has 1 fully saturated rings. The van der Waals surface area contributed by atoms with Gasteiger partial charge in [-0.3, -0.25) is 23.7 Å². The van der Waals surface area contributed by atoms with Gasteiger partial charge in [-0.2, -0.15) is 13.2 Å². The fraction of sp³-hybridized carbons (Fsp3) is 0.500. The van der Waals surface area contributed by atoms with Crippen LogP contribution in [0.25, 0.3) is 0 Å². The molecule has 0 saturated carbocycles. The zero-order chi connectivity index (χ0) is 22.8. The lowest BCUT2D eigenvalue weighted by atomic mass is 10.0. The van der Waals surface area contributed by atoms with Crippen LogP contribution < -0.4 is 21.5 Å². The van der Waals surface area contributed by atoms with Crippen molar-refractivity contribution in [1.29, 1.82) is 0 Å². The molecule has 1 aliphatic heterocycles. The van der Waals surface area contributed by atoms with E-state index in [1.54, 1.807) is 13.1 Å². The van der Waals surface area contributed by atoms with Crippen LogP contribution in [0.2, 0.25) is 0 Å². The molecule has 0 aromatic carbocycles. The van der Waals surface area contributed by atoms with Crippen LogP contribution in [0.4, 0.5) is 18.9 Å². The molecule has 2 aromatic rings. The molecule has 1 saturated heterocycles. The molecule has 2 aromatic heterocycles. The number of rotatable bonds is 5. The van der Waals surface area contributed by atoms with Gasteiger partial charge in [-0.05, 0) is 38.8 Å². The van der Waals surface area contributed by atoms with E-state index >= 15 is 0 Å². The number of halogens is 3. The zero-order valence-corrected chi connectivity index (χ0v) is 17.3. The second kappa shape index (κ2) is 8.94. The first-order valence-corrected chi connectivity index (χ1v) is 10.1. The highest BCUT2D eigenvalue weighted by Gasteiger charge is 2.32. The maximum Gasteiger partial charge on any atom is 0.433 e. The Balaban J connectivity index is 1.76. The lowest BCUT2D eigenvalue weighted by molar-refractivity contribution is -0.141. The van der Waals surface area contributed by atoms with Gasteiger partial charge in [-0.25, -0.2) is 4.79 Å². The molecule has 3 rings (SSSR count). The summed E-state index contributed by atoms with van der Waals surface area (Å²) in [5.74, 6) is -0.530. The number of nitrogens with one attached hydrogen (secondary N) is 1. The molecule has 3 heterocycles. The van der Waals surface area contributed by atoms with E-state index in [1.165, 1.54) is 9.13 Å². The lowest BCUT2D eigenvalue weighted by Gasteiger charge is -2.34. The lowest BCUT2D eigenvalue weighted by Crippen LogP contribution is -2.50. The Morgan fingerprint density at radius 3 is 2.55 bits per heavy atom. The summed E-state index contributed by atoms with van der Waals surface area (Å²) in [7, 11) is 0. The highest BCUT2D eigenvalue weighted by molar-refractivity contribution is 5.94. The first-order valence-electron chi connectivity index (χ1n) is 10.1. The SMILES string of the molecule is CCn1cc(N2CCCC(NC(=O)c3ccc(C(F)(F)F)nc3)C2)c(=O)n(CC)c1=O. The summed E-state index contributed by atoms with van der Waals surface area (Å²) < 4.78 is 40.6. The van der Waals surface area contributed by atoms with Gasteiger partial charge in [0.15, 0.2) is 0 Å². The number of alkyl halides is 3. The minimum Gasteiger partial charge on any atom is -0.364 e. The van der Waals surface area contributed by atoms with Gasteiger partial charge >= 0.3 is 11.9 Å². The summed E-state index contributed by atoms with van der Waals surface area (Å²) in [6, 6.07) is 1.55. The average Bonchev–Trinajstić information content (AvgIpc) is 2.74. The van der Waals surface area contributed by atoms with E-state index < -0.39 is 17.8 Å². The van der Waals surface area contributed by atoms with Crippen LogP contribution in [0.15, 0.2) is 34.1 Å². The third-order valence-electron chi connectivity index (χ3n) is 5.29. The van der Waals surface area contributed by atoms with Gasteiger partial charge in [0.1, 0.15) is 11.4 Å². The predicted molar refractivity (Wildman–Crippen MR) is 108 cm³/mol. The summed E-state index contributed by atoms with van der Waals surface area (Å²) in [6.45, 7) is 5.15. The fourth-order valence-corrected chi connectivity index (χ4v) is 3.64. The largest absolute Gasteiger partial charge is 0.433 e. The number of anilines is 1. The number of amides is 1. The minimum atomic E-state index is -4.57. The van der Waals surface area contributed by atoms with Crippen molar-refractivity contribution < 1.29 is 18.0 Å². The first kappa shape index (κ1) is 22.6. The van der Waals surface area contributed by atoms with E-state index in [2.05, 4.69) is 10.3 Å². The molecule has 11 heteroatoms. The van der Waals surface area contributed by atoms with Gasteiger partial charge in [0.2, 0.25) is 0 Å². The Morgan fingerprint density at radius 2 is 1.97 bits per heavy atom. The van der Waals surface area contributed by atoms with Crippen LogP contribution in [0.3, 0.4) is 0 Å². The van der Waals surface area contributed by atoms with Crippen molar-refractivity contribution in [2.24, 2.45) is 0 Å². The van der Waals surface area contributed by atoms with E-state index in [9.17, 15) is 27.6 Å². The van der Waals surface area contributed by atoms with Crippen molar-refractivity contribution in [3.05, 3.63) is 56.6 Å². The average molecular weight is 439 g/mol. The number of hydrogen-bond donors (Lipinski definition) is 1. The molecular formula is C20H24F3N5O3. The van der Waals surface area contributed by atoms with Gasteiger partial charge in [-0.1, -0.05) is 0 Å². The Kier molecular flexibility index (Phi) is 6.51. The van der Waals surface area contributed by atoms with Gasteiger partial charge < -0.3 is 10.2 Å². The van der Waals surface area contributed by atoms with E-state index in [0.29, 0.717) is 38.2 Å². The Labute approximate surface area is 176 Å². The molecule has 1 amide bonds. The maximum absolute atomic E-state index is 12.8. The molecule has 1 aliphatic rings. The smallest absolute Gasteiger partial charge is 0.364 e. The molecule has 8 nitrogen and oxygen atoms in total. The number of aryl methyl sites for hydroxylation is 1. The van der Waals surface area contributed by atoms with Crippen molar-refractivity contribution in [1.82, 2.24) is 19.4 Å². The normalized spacial score (nSPS) is 16.9. The number of pyridine rings is 1. The number of aromatic nitrogens is 3. The second-order valence-corrected chi connectivity index (χ2v) is 7.32. The van der Waals surface area contributed by atoms with Gasteiger partial charge in [0.25, 0.3) is 11.5 Å². The monoisotopic (exact) mass is 439 g/mol. The predicted octanol–water partition coefficient (Wildman–Crippen LogP) is 1.86. The fourth-order valence-electron chi connectivity index (χ4n) is 3.64. The van der Waals surface area contributed by atoms with E-state index in [-0.39, 0.29) is 29.4 Å². The van der Waals surface area contributed by atoms with Crippen molar-refractivity contribution in [2.75, 3.05) is 18.0 Å². The van der Waals surface area contributed by atoms with Gasteiger partial charge in [-0.15, -0.1) is 0 Å². The summed E-state index contributed by atoms with van der Waals surface area (Å²) in [6.07, 6.45) is -0.769. The molecule has 31 heavy (non-hydrogen) atoms. The Hall–Kier alpha value is -3.11. The van der Waals surface area contributed by atoms with Crippen LogP contribution in [0.1, 0.15) is 42.7 Å². The van der Waals surface area contributed by atoms with Crippen LogP contribution in [-0.4, -0.2) is 39.2 Å². The van der Waals surface area contributed by atoms with Crippen molar-refractivity contribution in [2.45, 2.75) is 52.0 Å². The zero-order valence-electron chi connectivity index (χ0n) is 17.3. The molecule has 0 aliphatic carbocycles. The number of nitrogens with zero attached hydrogens (tertiary/aromatic N) is 4. The van der Waals surface area contributed by atoms with Crippen LogP contribution in [-0.2, 0) is 19.3 Å². The van der Waals surface area contributed by atoms with Gasteiger partial charge in [0.05, 0.1) is 5.56 Å². The molecule has 1 N–H and O–H groups in total. The minimum absolute atomic E-state index is 0.0259. The van der Waals surface area contributed by atoms with Crippen LogP contribution in [0.5, 0.6) is 0 Å². The number of piperidine rings is 1. The summed E-state index contributed by atoms with van der Waals surface area (Å²) >= 11 is 0. The van der Waals surface area contributed by atoms with E-state index in [1.807, 2.05) is 11.8 Å². The third kappa shape index (κ3) is 4.80. The molecule has 0 spiro atoms. The highest BCUT2D eigenvalue weighted by atomic mass is 19.4. The quantitative estimate of drug-likeness (QED) is 0.768. The molecule has 0 bridgehead atoms. The van der Waals surface area contributed by atoms with E-state index in [0.717, 1.165) is 18.3 Å². The topological polar surface area (TPSA) is 89.2 Å².